The Morgan fingerprint density at radius 1 is 1.44 bits per heavy atom. The molecule has 0 bridgehead atoms. The highest BCUT2D eigenvalue weighted by Crippen LogP contribution is 2.26. The molecule has 0 aliphatic heterocycles. The van der Waals surface area contributed by atoms with E-state index in [0.29, 0.717) is 10.7 Å². The Kier molecular flexibility index (Phi) is 1.98. The van der Waals surface area contributed by atoms with Gasteiger partial charge in [-0.05, 0) is 28.1 Å². The molecule has 0 amide bonds. The summed E-state index contributed by atoms with van der Waals surface area (Å²) in [4.78, 5) is 0. The Labute approximate surface area is 66.9 Å². The predicted molar refractivity (Wildman–Crippen MR) is 43.6 cm³/mol. The molecule has 0 fully saturated rings. The van der Waals surface area contributed by atoms with Gasteiger partial charge < -0.3 is 5.73 Å². The number of nitrogens with two attached hydrogens (primary N) is 1. The SMILES string of the molecule is Nc1c(Cl)cccc1Br. The molecule has 0 aliphatic carbocycles. The summed E-state index contributed by atoms with van der Waals surface area (Å²) in [7, 11) is 0. The van der Waals surface area contributed by atoms with Gasteiger partial charge in [0.15, 0.2) is 0 Å². The molecule has 48 valence electrons. The summed E-state index contributed by atoms with van der Waals surface area (Å²) < 4.78 is 0.843. The summed E-state index contributed by atoms with van der Waals surface area (Å²) in [6.07, 6.45) is 0. The summed E-state index contributed by atoms with van der Waals surface area (Å²) in [5.74, 6) is 0. The van der Waals surface area contributed by atoms with Crippen LogP contribution in [0.15, 0.2) is 22.7 Å². The quantitative estimate of drug-likeness (QED) is 0.649. The molecule has 9 heavy (non-hydrogen) atoms. The summed E-state index contributed by atoms with van der Waals surface area (Å²) in [6, 6.07) is 5.44. The minimum absolute atomic E-state index is 0.587. The van der Waals surface area contributed by atoms with Crippen LogP contribution in [0.4, 0.5) is 5.69 Å². The zero-order chi connectivity index (χ0) is 6.85. The lowest BCUT2D eigenvalue weighted by molar-refractivity contribution is 1.63. The molecule has 0 radical (unpaired) electrons. The molecule has 1 aromatic carbocycles. The average molecular weight is 206 g/mol. The Balaban J connectivity index is 3.25. The zero-order valence-electron chi connectivity index (χ0n) is 4.57. The second kappa shape index (κ2) is 2.58. The summed E-state index contributed by atoms with van der Waals surface area (Å²) in [5, 5.41) is 0.587. The normalized spacial score (nSPS) is 9.56. The van der Waals surface area contributed by atoms with Gasteiger partial charge >= 0.3 is 0 Å². The van der Waals surface area contributed by atoms with Crippen molar-refractivity contribution in [2.45, 2.75) is 0 Å². The van der Waals surface area contributed by atoms with Gasteiger partial charge in [-0.1, -0.05) is 17.7 Å². The molecule has 1 rings (SSSR count). The summed E-state index contributed by atoms with van der Waals surface area (Å²) in [5.41, 5.74) is 6.10. The smallest absolute Gasteiger partial charge is 0.0647 e. The average Bonchev–Trinajstić information content (AvgIpc) is 1.83. The van der Waals surface area contributed by atoms with Crippen molar-refractivity contribution < 1.29 is 0 Å². The Bertz CT molecular complexity index is 204. The van der Waals surface area contributed by atoms with Crippen molar-refractivity contribution in [2.24, 2.45) is 0 Å². The Morgan fingerprint density at radius 3 is 2.56 bits per heavy atom. The van der Waals surface area contributed by atoms with Crippen LogP contribution in [0.2, 0.25) is 5.02 Å². The molecule has 0 spiro atoms. The van der Waals surface area contributed by atoms with Crippen LogP contribution < -0.4 is 5.73 Å². The third kappa shape index (κ3) is 1.37. The second-order valence-electron chi connectivity index (χ2n) is 1.64. The lowest BCUT2D eigenvalue weighted by Crippen LogP contribution is -1.85. The molecule has 3 heteroatoms. The highest BCUT2D eigenvalue weighted by atomic mass is 79.9. The van der Waals surface area contributed by atoms with Crippen LogP contribution >= 0.6 is 27.5 Å². The van der Waals surface area contributed by atoms with E-state index in [1.54, 1.807) is 6.07 Å². The van der Waals surface area contributed by atoms with Gasteiger partial charge in [-0.15, -0.1) is 0 Å². The second-order valence-corrected chi connectivity index (χ2v) is 2.90. The largest absolute Gasteiger partial charge is 0.397 e. The fraction of sp³-hybridized carbons (Fsp3) is 0. The van der Waals surface area contributed by atoms with Gasteiger partial charge in [0, 0.05) is 4.47 Å². The first kappa shape index (κ1) is 6.90. The van der Waals surface area contributed by atoms with Crippen LogP contribution in [0, 0.1) is 0 Å². The van der Waals surface area contributed by atoms with E-state index in [0.717, 1.165) is 4.47 Å². The first-order chi connectivity index (χ1) is 4.22. The van der Waals surface area contributed by atoms with Crippen LogP contribution in [0.3, 0.4) is 0 Å². The predicted octanol–water partition coefficient (Wildman–Crippen LogP) is 2.68. The van der Waals surface area contributed by atoms with E-state index >= 15 is 0 Å². The maximum Gasteiger partial charge on any atom is 0.0647 e. The molecule has 0 atom stereocenters. The molecular formula is C6H5BrClN. The van der Waals surface area contributed by atoms with Gasteiger partial charge in [-0.2, -0.15) is 0 Å². The topological polar surface area (TPSA) is 26.0 Å². The molecule has 0 unspecified atom stereocenters. The number of anilines is 1. The van der Waals surface area contributed by atoms with Crippen LogP contribution in [-0.2, 0) is 0 Å². The number of rotatable bonds is 0. The van der Waals surface area contributed by atoms with Crippen LogP contribution in [0.1, 0.15) is 0 Å². The molecule has 1 aromatic rings. The number of benzene rings is 1. The van der Waals surface area contributed by atoms with Crippen molar-refractivity contribution in [1.82, 2.24) is 0 Å². The fourth-order valence-electron chi connectivity index (χ4n) is 0.511. The highest BCUT2D eigenvalue weighted by Gasteiger charge is 1.96. The van der Waals surface area contributed by atoms with Crippen LogP contribution in [-0.4, -0.2) is 0 Å². The minimum atomic E-state index is 0.587. The third-order valence-corrected chi connectivity index (χ3v) is 2.02. The number of nitrogen functional groups attached to an aromatic ring is 1. The van der Waals surface area contributed by atoms with Gasteiger partial charge in [0.1, 0.15) is 0 Å². The highest BCUT2D eigenvalue weighted by molar-refractivity contribution is 9.10. The molecule has 0 aliphatic rings. The van der Waals surface area contributed by atoms with E-state index in [1.165, 1.54) is 0 Å². The van der Waals surface area contributed by atoms with E-state index < -0.39 is 0 Å². The minimum Gasteiger partial charge on any atom is -0.397 e. The standard InChI is InChI=1S/C6H5BrClN/c7-4-2-1-3-5(8)6(4)9/h1-3H,9H2. The maximum absolute atomic E-state index is 5.66. The van der Waals surface area contributed by atoms with Crippen molar-refractivity contribution in [1.29, 1.82) is 0 Å². The first-order valence-electron chi connectivity index (χ1n) is 2.41. The van der Waals surface area contributed by atoms with Gasteiger partial charge in [0.2, 0.25) is 0 Å². The fourth-order valence-corrected chi connectivity index (χ4v) is 1.17. The van der Waals surface area contributed by atoms with E-state index in [1.807, 2.05) is 12.1 Å². The van der Waals surface area contributed by atoms with Crippen LogP contribution in [0.25, 0.3) is 0 Å². The Hall–Kier alpha value is -0.210. The number of para-hydroxylation sites is 1. The first-order valence-corrected chi connectivity index (χ1v) is 3.58. The van der Waals surface area contributed by atoms with E-state index in [2.05, 4.69) is 15.9 Å². The van der Waals surface area contributed by atoms with E-state index in [-0.39, 0.29) is 0 Å². The number of halogens is 2. The zero-order valence-corrected chi connectivity index (χ0v) is 6.91. The van der Waals surface area contributed by atoms with Crippen molar-refractivity contribution in [3.63, 3.8) is 0 Å². The molecule has 1 nitrogen and oxygen atoms in total. The van der Waals surface area contributed by atoms with Crippen molar-refractivity contribution in [2.75, 3.05) is 5.73 Å². The molecule has 2 N–H and O–H groups in total. The van der Waals surface area contributed by atoms with Gasteiger partial charge in [0.05, 0.1) is 10.7 Å². The van der Waals surface area contributed by atoms with Gasteiger partial charge in [0.25, 0.3) is 0 Å². The monoisotopic (exact) mass is 205 g/mol. The summed E-state index contributed by atoms with van der Waals surface area (Å²) >= 11 is 8.90. The van der Waals surface area contributed by atoms with E-state index in [9.17, 15) is 0 Å². The summed E-state index contributed by atoms with van der Waals surface area (Å²) in [6.45, 7) is 0. The molecule has 0 aromatic heterocycles. The molecule has 0 saturated carbocycles. The number of hydrogen-bond donors (Lipinski definition) is 1. The van der Waals surface area contributed by atoms with Crippen molar-refractivity contribution in [3.8, 4) is 0 Å². The molecule has 0 saturated heterocycles. The third-order valence-electron chi connectivity index (χ3n) is 1.000. The molecular weight excluding hydrogens is 201 g/mol. The Morgan fingerprint density at radius 2 is 2.11 bits per heavy atom. The number of hydrogen-bond acceptors (Lipinski definition) is 1. The van der Waals surface area contributed by atoms with Crippen molar-refractivity contribution in [3.05, 3.63) is 27.7 Å². The van der Waals surface area contributed by atoms with Crippen LogP contribution in [0.5, 0.6) is 0 Å². The van der Waals surface area contributed by atoms with Gasteiger partial charge in [-0.25, -0.2) is 0 Å². The molecule has 0 heterocycles. The van der Waals surface area contributed by atoms with Gasteiger partial charge in [-0.3, -0.25) is 0 Å². The van der Waals surface area contributed by atoms with Crippen molar-refractivity contribution >= 4 is 33.2 Å². The lowest BCUT2D eigenvalue weighted by atomic mass is 10.3. The maximum atomic E-state index is 5.66. The van der Waals surface area contributed by atoms with E-state index in [4.69, 9.17) is 17.3 Å². The lowest BCUT2D eigenvalue weighted by Gasteiger charge is -1.97.